The lowest BCUT2D eigenvalue weighted by atomic mass is 10.1. The predicted octanol–water partition coefficient (Wildman–Crippen LogP) is 2.93. The maximum Gasteiger partial charge on any atom is 0.157 e. The minimum Gasteiger partial charge on any atom is -0.495 e. The van der Waals surface area contributed by atoms with Crippen LogP contribution in [0.25, 0.3) is 17.0 Å². The molecule has 2 aliphatic rings. The number of hydrogen-bond donors (Lipinski definition) is 2. The average Bonchev–Trinajstić information content (AvgIpc) is 3.50. The van der Waals surface area contributed by atoms with Crippen molar-refractivity contribution >= 4 is 11.5 Å². The fraction of sp³-hybridized carbons (Fsp3) is 0.450. The lowest BCUT2D eigenvalue weighted by Gasteiger charge is -2.28. The number of imidazole rings is 1. The van der Waals surface area contributed by atoms with Crippen molar-refractivity contribution in [2.75, 3.05) is 25.5 Å². The first-order chi connectivity index (χ1) is 14.1. The number of hydrogen-bond acceptors (Lipinski definition) is 6. The van der Waals surface area contributed by atoms with Gasteiger partial charge in [0, 0.05) is 18.5 Å². The van der Waals surface area contributed by atoms with E-state index in [1.165, 1.54) is 12.1 Å². The number of rotatable bonds is 5. The Morgan fingerprint density at radius 3 is 2.90 bits per heavy atom. The van der Waals surface area contributed by atoms with E-state index in [-0.39, 0.29) is 5.69 Å². The molecule has 5 rings (SSSR count). The molecule has 7 nitrogen and oxygen atoms in total. The van der Waals surface area contributed by atoms with Gasteiger partial charge in [0.2, 0.25) is 0 Å². The van der Waals surface area contributed by atoms with E-state index in [2.05, 4.69) is 25.7 Å². The second-order valence-electron chi connectivity index (χ2n) is 7.57. The summed E-state index contributed by atoms with van der Waals surface area (Å²) < 4.78 is 35.9. The third kappa shape index (κ3) is 3.39. The molecule has 1 aliphatic heterocycles. The highest BCUT2D eigenvalue weighted by molar-refractivity contribution is 5.63. The zero-order chi connectivity index (χ0) is 20.0. The molecule has 2 atom stereocenters. The number of ether oxygens (including phenoxy) is 1. The smallest absolute Gasteiger partial charge is 0.157 e. The van der Waals surface area contributed by atoms with Crippen molar-refractivity contribution in [3.63, 3.8) is 0 Å². The summed E-state index contributed by atoms with van der Waals surface area (Å²) in [4.78, 5) is 8.76. The number of halogens is 2. The third-order valence-corrected chi connectivity index (χ3v) is 5.49. The van der Waals surface area contributed by atoms with Gasteiger partial charge in [-0.15, -0.1) is 0 Å². The molecule has 1 saturated heterocycles. The molecule has 2 fully saturated rings. The van der Waals surface area contributed by atoms with Crippen molar-refractivity contribution in [3.05, 3.63) is 35.9 Å². The van der Waals surface area contributed by atoms with Gasteiger partial charge < -0.3 is 15.4 Å². The highest BCUT2D eigenvalue weighted by Crippen LogP contribution is 2.43. The van der Waals surface area contributed by atoms with Gasteiger partial charge in [-0.3, -0.25) is 0 Å². The van der Waals surface area contributed by atoms with Gasteiger partial charge in [-0.2, -0.15) is 5.10 Å². The summed E-state index contributed by atoms with van der Waals surface area (Å²) in [6.45, 7) is 1.15. The number of alkyl halides is 1. The Morgan fingerprint density at radius 1 is 1.28 bits per heavy atom. The lowest BCUT2D eigenvalue weighted by Crippen LogP contribution is -2.46. The molecule has 0 radical (unpaired) electrons. The Bertz CT molecular complexity index is 1050. The first-order valence-corrected chi connectivity index (χ1v) is 9.85. The number of pyridine rings is 1. The van der Waals surface area contributed by atoms with Crippen LogP contribution in [-0.4, -0.2) is 52.0 Å². The SMILES string of the molecule is COc1cc2ncc(-c3nc(NC4CNCCC4F)ccc3F)n2nc1C1CC1. The average molecular weight is 400 g/mol. The molecule has 1 aliphatic carbocycles. The topological polar surface area (TPSA) is 76.4 Å². The maximum atomic E-state index is 14.7. The third-order valence-electron chi connectivity index (χ3n) is 5.49. The molecule has 9 heteroatoms. The molecule has 0 spiro atoms. The minimum absolute atomic E-state index is 0.126. The Kier molecular flexibility index (Phi) is 4.54. The van der Waals surface area contributed by atoms with Gasteiger partial charge in [-0.1, -0.05) is 0 Å². The Morgan fingerprint density at radius 2 is 2.14 bits per heavy atom. The summed E-state index contributed by atoms with van der Waals surface area (Å²) in [5.74, 6) is 0.987. The number of aromatic nitrogens is 4. The van der Waals surface area contributed by atoms with E-state index in [0.717, 1.165) is 18.5 Å². The van der Waals surface area contributed by atoms with Crippen LogP contribution < -0.4 is 15.4 Å². The molecule has 152 valence electrons. The van der Waals surface area contributed by atoms with E-state index in [9.17, 15) is 8.78 Å². The maximum absolute atomic E-state index is 14.7. The molecule has 2 unspecified atom stereocenters. The van der Waals surface area contributed by atoms with Gasteiger partial charge >= 0.3 is 0 Å². The molecule has 0 bridgehead atoms. The zero-order valence-corrected chi connectivity index (χ0v) is 16.0. The fourth-order valence-corrected chi connectivity index (χ4v) is 3.74. The number of piperidine rings is 1. The predicted molar refractivity (Wildman–Crippen MR) is 104 cm³/mol. The van der Waals surface area contributed by atoms with Crippen LogP contribution in [-0.2, 0) is 0 Å². The zero-order valence-electron chi connectivity index (χ0n) is 16.0. The molecular weight excluding hydrogens is 378 g/mol. The molecule has 0 aromatic carbocycles. The highest BCUT2D eigenvalue weighted by atomic mass is 19.1. The Labute approximate surface area is 166 Å². The van der Waals surface area contributed by atoms with Gasteiger partial charge in [0.25, 0.3) is 0 Å². The molecule has 29 heavy (non-hydrogen) atoms. The van der Waals surface area contributed by atoms with Crippen LogP contribution in [0.1, 0.15) is 30.9 Å². The van der Waals surface area contributed by atoms with Crippen LogP contribution in [0.5, 0.6) is 5.75 Å². The fourth-order valence-electron chi connectivity index (χ4n) is 3.74. The van der Waals surface area contributed by atoms with Gasteiger partial charge in [0.1, 0.15) is 34.8 Å². The molecule has 2 N–H and O–H groups in total. The van der Waals surface area contributed by atoms with Crippen LogP contribution >= 0.6 is 0 Å². The summed E-state index contributed by atoms with van der Waals surface area (Å²) in [6.07, 6.45) is 3.13. The first kappa shape index (κ1) is 18.2. The minimum atomic E-state index is -0.974. The normalized spacial score (nSPS) is 22.0. The monoisotopic (exact) mass is 400 g/mol. The number of fused-ring (bicyclic) bond motifs is 1. The van der Waals surface area contributed by atoms with Crippen LogP contribution in [0, 0.1) is 5.82 Å². The van der Waals surface area contributed by atoms with Crippen molar-refractivity contribution in [1.82, 2.24) is 24.9 Å². The molecule has 3 aromatic heterocycles. The van der Waals surface area contributed by atoms with E-state index in [4.69, 9.17) is 4.74 Å². The van der Waals surface area contributed by atoms with Crippen LogP contribution in [0.15, 0.2) is 24.4 Å². The number of methoxy groups -OCH3 is 1. The summed E-state index contributed by atoms with van der Waals surface area (Å²) in [6, 6.07) is 4.26. The van der Waals surface area contributed by atoms with Crippen LogP contribution in [0.2, 0.25) is 0 Å². The lowest BCUT2D eigenvalue weighted by molar-refractivity contribution is 0.241. The van der Waals surface area contributed by atoms with Crippen molar-refractivity contribution in [2.24, 2.45) is 0 Å². The highest BCUT2D eigenvalue weighted by Gasteiger charge is 2.30. The molecule has 3 aromatic rings. The quantitative estimate of drug-likeness (QED) is 0.686. The van der Waals surface area contributed by atoms with Gasteiger partial charge in [0.15, 0.2) is 11.5 Å². The van der Waals surface area contributed by atoms with Crippen molar-refractivity contribution in [1.29, 1.82) is 0 Å². The Balaban J connectivity index is 1.53. The van der Waals surface area contributed by atoms with Crippen LogP contribution in [0.3, 0.4) is 0 Å². The number of nitrogens with zero attached hydrogens (tertiary/aromatic N) is 4. The van der Waals surface area contributed by atoms with Gasteiger partial charge in [-0.05, 0) is 37.9 Å². The van der Waals surface area contributed by atoms with E-state index >= 15 is 0 Å². The summed E-state index contributed by atoms with van der Waals surface area (Å²) in [5, 5.41) is 10.9. The summed E-state index contributed by atoms with van der Waals surface area (Å²) >= 11 is 0. The van der Waals surface area contributed by atoms with Crippen molar-refractivity contribution in [3.8, 4) is 17.1 Å². The standard InChI is InChI=1S/C20H22F2N6O/c1-29-16-8-18-24-10-15(28(18)27-19(16)11-2-3-11)20-13(22)4-5-17(26-20)25-14-9-23-7-6-12(14)21/h4-5,8,10-12,14,23H,2-3,6-7,9H2,1H3,(H,25,26). The van der Waals surface area contributed by atoms with Crippen LogP contribution in [0.4, 0.5) is 14.6 Å². The number of nitrogens with one attached hydrogen (secondary N) is 2. The van der Waals surface area contributed by atoms with E-state index in [1.807, 2.05) is 6.07 Å². The number of anilines is 1. The van der Waals surface area contributed by atoms with Crippen molar-refractivity contribution < 1.29 is 13.5 Å². The molecular formula is C20H22F2N6O. The van der Waals surface area contributed by atoms with Gasteiger partial charge in [-0.25, -0.2) is 23.3 Å². The second-order valence-corrected chi connectivity index (χ2v) is 7.57. The van der Waals surface area contributed by atoms with E-state index < -0.39 is 18.0 Å². The largest absolute Gasteiger partial charge is 0.495 e. The first-order valence-electron chi connectivity index (χ1n) is 9.85. The molecule has 0 amide bonds. The summed E-state index contributed by atoms with van der Waals surface area (Å²) in [5.41, 5.74) is 1.98. The second kappa shape index (κ2) is 7.22. The van der Waals surface area contributed by atoms with Crippen molar-refractivity contribution in [2.45, 2.75) is 37.4 Å². The molecule has 4 heterocycles. The summed E-state index contributed by atoms with van der Waals surface area (Å²) in [7, 11) is 1.61. The van der Waals surface area contributed by atoms with E-state index in [0.29, 0.717) is 48.3 Å². The molecule has 1 saturated carbocycles. The van der Waals surface area contributed by atoms with Gasteiger partial charge in [0.05, 0.1) is 19.3 Å². The Hall–Kier alpha value is -2.81. The van der Waals surface area contributed by atoms with E-state index in [1.54, 1.807) is 17.8 Å².